The summed E-state index contributed by atoms with van der Waals surface area (Å²) in [7, 11) is 0. The van der Waals surface area contributed by atoms with Gasteiger partial charge in [0, 0.05) is 11.8 Å². The molecule has 0 spiro atoms. The van der Waals surface area contributed by atoms with Crippen LogP contribution in [0.15, 0.2) is 49.2 Å². The van der Waals surface area contributed by atoms with Gasteiger partial charge < -0.3 is 0 Å². The first-order chi connectivity index (χ1) is 7.45. The Morgan fingerprint density at radius 2 is 1.87 bits per heavy atom. The van der Waals surface area contributed by atoms with Crippen LogP contribution < -0.4 is 0 Å². The Kier molecular flexibility index (Phi) is 1.71. The lowest BCUT2D eigenvalue weighted by atomic mass is 10.1. The molecule has 0 amide bonds. The van der Waals surface area contributed by atoms with Crippen molar-refractivity contribution in [2.45, 2.75) is 0 Å². The average molecular weight is 196 g/mol. The first kappa shape index (κ1) is 8.11. The number of rotatable bonds is 1. The molecule has 0 saturated carbocycles. The van der Waals surface area contributed by atoms with Crippen molar-refractivity contribution >= 4 is 5.65 Å². The van der Waals surface area contributed by atoms with Crippen molar-refractivity contribution in [2.24, 2.45) is 0 Å². The molecule has 0 bridgehead atoms. The van der Waals surface area contributed by atoms with Crippen molar-refractivity contribution in [1.82, 2.24) is 19.6 Å². The third-order valence-electron chi connectivity index (χ3n) is 2.29. The van der Waals surface area contributed by atoms with E-state index in [1.165, 1.54) is 0 Å². The molecule has 15 heavy (non-hydrogen) atoms. The van der Waals surface area contributed by atoms with Gasteiger partial charge in [0.05, 0.1) is 0 Å². The average Bonchev–Trinajstić information content (AvgIpc) is 2.78. The lowest BCUT2D eigenvalue weighted by Crippen LogP contribution is -1.89. The van der Waals surface area contributed by atoms with E-state index in [2.05, 4.69) is 15.2 Å². The van der Waals surface area contributed by atoms with E-state index >= 15 is 0 Å². The molecular weight excluding hydrogens is 188 g/mol. The Labute approximate surface area is 86.2 Å². The topological polar surface area (TPSA) is 43.1 Å². The minimum absolute atomic E-state index is 0.830. The van der Waals surface area contributed by atoms with E-state index in [9.17, 15) is 0 Å². The van der Waals surface area contributed by atoms with Gasteiger partial charge in [0.25, 0.3) is 0 Å². The first-order valence-corrected chi connectivity index (χ1v) is 4.64. The molecule has 0 saturated heterocycles. The molecule has 0 aliphatic rings. The van der Waals surface area contributed by atoms with Crippen LogP contribution in [0.1, 0.15) is 0 Å². The van der Waals surface area contributed by atoms with E-state index in [-0.39, 0.29) is 0 Å². The van der Waals surface area contributed by atoms with Gasteiger partial charge in [-0.05, 0) is 5.56 Å². The Hall–Kier alpha value is -2.23. The highest BCUT2D eigenvalue weighted by molar-refractivity contribution is 5.75. The van der Waals surface area contributed by atoms with Crippen LogP contribution in [0.5, 0.6) is 0 Å². The van der Waals surface area contributed by atoms with Gasteiger partial charge in [0.15, 0.2) is 5.65 Å². The van der Waals surface area contributed by atoms with Gasteiger partial charge in [-0.15, -0.1) is 10.2 Å². The third kappa shape index (κ3) is 1.27. The molecule has 72 valence electrons. The zero-order valence-corrected chi connectivity index (χ0v) is 7.91. The highest BCUT2D eigenvalue weighted by Gasteiger charge is 2.04. The smallest absolute Gasteiger partial charge is 0.171 e. The monoisotopic (exact) mass is 196 g/mol. The second-order valence-corrected chi connectivity index (χ2v) is 3.24. The lowest BCUT2D eigenvalue weighted by Gasteiger charge is -2.01. The molecule has 0 N–H and O–H groups in total. The van der Waals surface area contributed by atoms with Crippen LogP contribution in [0.4, 0.5) is 0 Å². The van der Waals surface area contributed by atoms with E-state index in [0.29, 0.717) is 0 Å². The molecular formula is C11H8N4. The summed E-state index contributed by atoms with van der Waals surface area (Å²) in [4.78, 5) is 4.14. The molecule has 0 aliphatic carbocycles. The Balaban J connectivity index is 2.31. The second kappa shape index (κ2) is 3.16. The normalized spacial score (nSPS) is 10.7. The third-order valence-corrected chi connectivity index (χ3v) is 2.29. The van der Waals surface area contributed by atoms with Gasteiger partial charge in [0.2, 0.25) is 0 Å². The van der Waals surface area contributed by atoms with Crippen molar-refractivity contribution < 1.29 is 0 Å². The number of aromatic nitrogens is 4. The highest BCUT2D eigenvalue weighted by Crippen LogP contribution is 2.21. The summed E-state index contributed by atoms with van der Waals surface area (Å²) in [5, 5.41) is 7.93. The standard InChI is InChI=1S/C11H8N4/c1-2-4-9(5-3-1)10-6-12-7-15-8-13-14-11(10)15/h1-8H. The first-order valence-electron chi connectivity index (χ1n) is 4.64. The molecule has 3 aromatic rings. The maximum Gasteiger partial charge on any atom is 0.171 e. The summed E-state index contributed by atoms with van der Waals surface area (Å²) in [5.74, 6) is 0. The van der Waals surface area contributed by atoms with Gasteiger partial charge >= 0.3 is 0 Å². The number of nitrogens with zero attached hydrogens (tertiary/aromatic N) is 4. The number of hydrogen-bond donors (Lipinski definition) is 0. The fourth-order valence-electron chi connectivity index (χ4n) is 1.58. The van der Waals surface area contributed by atoms with Crippen LogP contribution in [0.2, 0.25) is 0 Å². The van der Waals surface area contributed by atoms with Crippen molar-refractivity contribution in [1.29, 1.82) is 0 Å². The highest BCUT2D eigenvalue weighted by atomic mass is 15.2. The fourth-order valence-corrected chi connectivity index (χ4v) is 1.58. The molecule has 0 atom stereocenters. The Bertz CT molecular complexity index is 586. The largest absolute Gasteiger partial charge is 0.271 e. The quantitative estimate of drug-likeness (QED) is 0.596. The Morgan fingerprint density at radius 1 is 1.00 bits per heavy atom. The van der Waals surface area contributed by atoms with Crippen LogP contribution in [0.3, 0.4) is 0 Å². The number of benzene rings is 1. The van der Waals surface area contributed by atoms with Crippen LogP contribution in [-0.2, 0) is 0 Å². The van der Waals surface area contributed by atoms with Crippen molar-refractivity contribution in [2.75, 3.05) is 0 Å². The van der Waals surface area contributed by atoms with E-state index in [1.807, 2.05) is 34.7 Å². The van der Waals surface area contributed by atoms with E-state index < -0.39 is 0 Å². The van der Waals surface area contributed by atoms with Crippen molar-refractivity contribution in [3.05, 3.63) is 49.2 Å². The van der Waals surface area contributed by atoms with Crippen molar-refractivity contribution in [3.8, 4) is 11.1 Å². The molecule has 4 nitrogen and oxygen atoms in total. The minimum atomic E-state index is 0.830. The lowest BCUT2D eigenvalue weighted by molar-refractivity contribution is 1.07. The maximum atomic E-state index is 4.14. The summed E-state index contributed by atoms with van der Waals surface area (Å²) >= 11 is 0. The fraction of sp³-hybridized carbons (Fsp3) is 0. The van der Waals surface area contributed by atoms with Crippen LogP contribution >= 0.6 is 0 Å². The van der Waals surface area contributed by atoms with Gasteiger partial charge in [-0.2, -0.15) is 0 Å². The molecule has 3 rings (SSSR count). The van der Waals surface area contributed by atoms with Gasteiger partial charge in [-0.25, -0.2) is 4.98 Å². The van der Waals surface area contributed by atoms with Gasteiger partial charge in [0.1, 0.15) is 12.7 Å². The molecule has 2 heterocycles. The predicted molar refractivity (Wildman–Crippen MR) is 56.2 cm³/mol. The van der Waals surface area contributed by atoms with Gasteiger partial charge in [-0.1, -0.05) is 30.3 Å². The van der Waals surface area contributed by atoms with Crippen LogP contribution in [0.25, 0.3) is 16.8 Å². The van der Waals surface area contributed by atoms with Crippen LogP contribution in [-0.4, -0.2) is 19.6 Å². The van der Waals surface area contributed by atoms with E-state index in [4.69, 9.17) is 0 Å². The van der Waals surface area contributed by atoms with E-state index in [0.717, 1.165) is 16.8 Å². The maximum absolute atomic E-state index is 4.14. The zero-order chi connectivity index (χ0) is 10.1. The molecule has 0 radical (unpaired) electrons. The summed E-state index contributed by atoms with van der Waals surface area (Å²) < 4.78 is 1.81. The SMILES string of the molecule is c1ccc(-c2cncn3cnnc23)cc1. The van der Waals surface area contributed by atoms with Crippen LogP contribution in [0, 0.1) is 0 Å². The van der Waals surface area contributed by atoms with E-state index in [1.54, 1.807) is 18.9 Å². The molecule has 0 aliphatic heterocycles. The van der Waals surface area contributed by atoms with Crippen molar-refractivity contribution in [3.63, 3.8) is 0 Å². The number of hydrogen-bond acceptors (Lipinski definition) is 3. The molecule has 0 unspecified atom stereocenters. The zero-order valence-electron chi connectivity index (χ0n) is 7.91. The summed E-state index contributed by atoms with van der Waals surface area (Å²) in [6.45, 7) is 0. The summed E-state index contributed by atoms with van der Waals surface area (Å²) in [6.07, 6.45) is 5.15. The molecule has 2 aromatic heterocycles. The Morgan fingerprint density at radius 3 is 2.73 bits per heavy atom. The summed E-state index contributed by atoms with van der Waals surface area (Å²) in [5.41, 5.74) is 2.93. The summed E-state index contributed by atoms with van der Waals surface area (Å²) in [6, 6.07) is 10.0. The molecule has 1 aromatic carbocycles. The number of fused-ring (bicyclic) bond motifs is 1. The molecule has 0 fully saturated rings. The van der Waals surface area contributed by atoms with Gasteiger partial charge in [-0.3, -0.25) is 4.40 Å². The minimum Gasteiger partial charge on any atom is -0.271 e. The molecule has 4 heteroatoms. The second-order valence-electron chi connectivity index (χ2n) is 3.24. The predicted octanol–water partition coefficient (Wildman–Crippen LogP) is 1.79.